The Morgan fingerprint density at radius 3 is 2.57 bits per heavy atom. The molecule has 8 nitrogen and oxygen atoms in total. The minimum absolute atomic E-state index is 0.0168. The fraction of sp³-hybridized carbons (Fsp3) is 0.318. The Bertz CT molecular complexity index is 1360. The lowest BCUT2D eigenvalue weighted by Crippen LogP contribution is -2.33. The number of ether oxygens (including phenoxy) is 1. The van der Waals surface area contributed by atoms with Gasteiger partial charge in [0.25, 0.3) is 5.91 Å². The highest BCUT2D eigenvalue weighted by Gasteiger charge is 2.39. The molecular formula is C22H20F4N4O4S. The number of hydrogen-bond donors (Lipinski definition) is 0. The number of carbonyl (C=O) groups is 1. The van der Waals surface area contributed by atoms with Gasteiger partial charge in [-0.3, -0.25) is 9.78 Å². The van der Waals surface area contributed by atoms with Crippen LogP contribution in [0, 0.1) is 5.82 Å². The third kappa shape index (κ3) is 4.99. The smallest absolute Gasteiger partial charge is 0.425 e. The highest BCUT2D eigenvalue weighted by atomic mass is 32.2. The first-order chi connectivity index (χ1) is 16.4. The maximum atomic E-state index is 13.5. The minimum atomic E-state index is -4.69. The van der Waals surface area contributed by atoms with Crippen LogP contribution in [0.4, 0.5) is 17.6 Å². The molecule has 0 spiro atoms. The minimum Gasteiger partial charge on any atom is -0.480 e. The fourth-order valence-corrected chi connectivity index (χ4v) is 4.43. The number of amides is 1. The molecule has 1 aromatic carbocycles. The molecule has 3 heterocycles. The molecule has 1 unspecified atom stereocenters. The zero-order chi connectivity index (χ0) is 25.5. The Morgan fingerprint density at radius 1 is 1.20 bits per heavy atom. The molecule has 13 heteroatoms. The van der Waals surface area contributed by atoms with Gasteiger partial charge in [-0.05, 0) is 25.1 Å². The number of fused-ring (bicyclic) bond motifs is 1. The molecule has 3 aromatic rings. The maximum Gasteiger partial charge on any atom is 0.425 e. The first kappa shape index (κ1) is 24.6. The molecule has 0 N–H and O–H groups in total. The summed E-state index contributed by atoms with van der Waals surface area (Å²) in [5.41, 5.74) is 1.23. The summed E-state index contributed by atoms with van der Waals surface area (Å²) in [6.07, 6.45) is -2.85. The van der Waals surface area contributed by atoms with Gasteiger partial charge in [-0.2, -0.15) is 18.3 Å². The van der Waals surface area contributed by atoms with Gasteiger partial charge in [0.05, 0.1) is 46.5 Å². The molecule has 0 saturated heterocycles. The average molecular weight is 512 g/mol. The lowest BCUT2D eigenvalue weighted by molar-refractivity contribution is -0.189. The van der Waals surface area contributed by atoms with Crippen LogP contribution in [0.15, 0.2) is 47.8 Å². The van der Waals surface area contributed by atoms with Crippen LogP contribution < -0.4 is 4.74 Å². The molecule has 1 atom stereocenters. The van der Waals surface area contributed by atoms with Gasteiger partial charge in [-0.1, -0.05) is 6.92 Å². The van der Waals surface area contributed by atoms with E-state index < -0.39 is 33.8 Å². The van der Waals surface area contributed by atoms with E-state index >= 15 is 0 Å². The summed E-state index contributed by atoms with van der Waals surface area (Å²) in [5.74, 6) is -1.88. The van der Waals surface area contributed by atoms with Crippen LogP contribution in [-0.4, -0.2) is 52.0 Å². The van der Waals surface area contributed by atoms with Crippen LogP contribution in [0.25, 0.3) is 5.69 Å². The van der Waals surface area contributed by atoms with E-state index in [0.29, 0.717) is 16.9 Å². The summed E-state index contributed by atoms with van der Waals surface area (Å²) in [4.78, 5) is 18.2. The summed E-state index contributed by atoms with van der Waals surface area (Å²) in [6.45, 7) is 2.29. The Labute approximate surface area is 198 Å². The van der Waals surface area contributed by atoms with Crippen molar-refractivity contribution in [2.24, 2.45) is 0 Å². The van der Waals surface area contributed by atoms with Crippen molar-refractivity contribution < 1.29 is 35.5 Å². The van der Waals surface area contributed by atoms with Crippen molar-refractivity contribution in [1.82, 2.24) is 19.7 Å². The number of pyridine rings is 1. The zero-order valence-electron chi connectivity index (χ0n) is 18.6. The normalized spacial score (nSPS) is 14.6. The third-order valence-electron chi connectivity index (χ3n) is 5.51. The topological polar surface area (TPSA) is 94.4 Å². The number of aromatic nitrogens is 3. The monoisotopic (exact) mass is 512 g/mol. The predicted octanol–water partition coefficient (Wildman–Crippen LogP) is 3.69. The zero-order valence-corrected chi connectivity index (χ0v) is 19.4. The highest BCUT2D eigenvalue weighted by Crippen LogP contribution is 2.32. The molecule has 0 aliphatic carbocycles. The van der Waals surface area contributed by atoms with E-state index in [0.717, 1.165) is 31.3 Å². The van der Waals surface area contributed by atoms with E-state index in [9.17, 15) is 30.8 Å². The number of hydrogen-bond acceptors (Lipinski definition) is 6. The summed E-state index contributed by atoms with van der Waals surface area (Å²) in [7, 11) is -3.73. The van der Waals surface area contributed by atoms with Crippen molar-refractivity contribution in [3.05, 3.63) is 65.5 Å². The van der Waals surface area contributed by atoms with Gasteiger partial charge in [0.2, 0.25) is 0 Å². The fourth-order valence-electron chi connectivity index (χ4n) is 3.52. The molecular weight excluding hydrogens is 492 g/mol. The van der Waals surface area contributed by atoms with Crippen LogP contribution in [0.3, 0.4) is 0 Å². The Balaban J connectivity index is 1.63. The van der Waals surface area contributed by atoms with Gasteiger partial charge >= 0.3 is 6.18 Å². The van der Waals surface area contributed by atoms with Gasteiger partial charge in [0.15, 0.2) is 15.9 Å². The maximum absolute atomic E-state index is 13.5. The second-order valence-electron chi connectivity index (χ2n) is 7.93. The number of rotatable bonds is 6. The van der Waals surface area contributed by atoms with Gasteiger partial charge in [0.1, 0.15) is 11.6 Å². The molecule has 0 fully saturated rings. The SMILES string of the molecule is CCS(=O)(=O)c1ccc(OC(C)C(F)(F)F)c(C(=O)N2Cc3cn(-c4cncc(F)c4)nc3C2)c1. The van der Waals surface area contributed by atoms with Crippen molar-refractivity contribution in [3.8, 4) is 11.4 Å². The van der Waals surface area contributed by atoms with Gasteiger partial charge in [-0.15, -0.1) is 0 Å². The standard InChI is InChI=1S/C22H20F4N4O4S/c1-3-35(32,33)17-4-5-20(34-13(2)22(24,25)26)18(7-17)21(31)29-10-14-11-30(28-19(14)12-29)16-6-15(23)8-27-9-16/h4-9,11,13H,3,10,12H2,1-2H3. The lowest BCUT2D eigenvalue weighted by Gasteiger charge is -2.22. The molecule has 4 rings (SSSR count). The van der Waals surface area contributed by atoms with Gasteiger partial charge in [-0.25, -0.2) is 17.5 Å². The summed E-state index contributed by atoms with van der Waals surface area (Å²) in [5, 5.41) is 4.34. The molecule has 2 aromatic heterocycles. The molecule has 186 valence electrons. The van der Waals surface area contributed by atoms with Gasteiger partial charge < -0.3 is 9.64 Å². The first-order valence-electron chi connectivity index (χ1n) is 10.5. The number of halogens is 4. The van der Waals surface area contributed by atoms with E-state index in [4.69, 9.17) is 4.74 Å². The Hall–Kier alpha value is -3.48. The molecule has 1 aliphatic rings. The Kier molecular flexibility index (Phi) is 6.30. The summed E-state index contributed by atoms with van der Waals surface area (Å²) >= 11 is 0. The molecule has 0 bridgehead atoms. The van der Waals surface area contributed by atoms with Crippen molar-refractivity contribution in [2.75, 3.05) is 5.75 Å². The third-order valence-corrected chi connectivity index (χ3v) is 7.24. The van der Waals surface area contributed by atoms with E-state index in [1.54, 1.807) is 6.20 Å². The van der Waals surface area contributed by atoms with Crippen LogP contribution >= 0.6 is 0 Å². The van der Waals surface area contributed by atoms with E-state index in [1.165, 1.54) is 28.8 Å². The number of nitrogens with zero attached hydrogens (tertiary/aromatic N) is 4. The number of alkyl halides is 3. The van der Waals surface area contributed by atoms with Crippen molar-refractivity contribution >= 4 is 15.7 Å². The van der Waals surface area contributed by atoms with Crippen LogP contribution in [-0.2, 0) is 22.9 Å². The number of sulfone groups is 1. The average Bonchev–Trinajstić information content (AvgIpc) is 3.38. The van der Waals surface area contributed by atoms with E-state index in [-0.39, 0.29) is 35.1 Å². The second-order valence-corrected chi connectivity index (χ2v) is 10.2. The quantitative estimate of drug-likeness (QED) is 0.468. The van der Waals surface area contributed by atoms with E-state index in [1.807, 2.05) is 0 Å². The van der Waals surface area contributed by atoms with Crippen LogP contribution in [0.5, 0.6) is 5.75 Å². The largest absolute Gasteiger partial charge is 0.480 e. The number of carbonyl (C=O) groups excluding carboxylic acids is 1. The van der Waals surface area contributed by atoms with Crippen molar-refractivity contribution in [1.29, 1.82) is 0 Å². The first-order valence-corrected chi connectivity index (χ1v) is 12.1. The second kappa shape index (κ2) is 8.95. The van der Waals surface area contributed by atoms with Crippen LogP contribution in [0.2, 0.25) is 0 Å². The molecule has 0 saturated carbocycles. The molecule has 1 aliphatic heterocycles. The highest BCUT2D eigenvalue weighted by molar-refractivity contribution is 7.91. The van der Waals surface area contributed by atoms with E-state index in [2.05, 4.69) is 10.1 Å². The van der Waals surface area contributed by atoms with Crippen molar-refractivity contribution in [3.63, 3.8) is 0 Å². The lowest BCUT2D eigenvalue weighted by atomic mass is 10.1. The molecule has 35 heavy (non-hydrogen) atoms. The predicted molar refractivity (Wildman–Crippen MR) is 115 cm³/mol. The summed E-state index contributed by atoms with van der Waals surface area (Å²) in [6, 6.07) is 4.45. The summed E-state index contributed by atoms with van der Waals surface area (Å²) < 4.78 is 83.8. The van der Waals surface area contributed by atoms with Crippen molar-refractivity contribution in [2.45, 2.75) is 44.1 Å². The van der Waals surface area contributed by atoms with Crippen LogP contribution in [0.1, 0.15) is 35.5 Å². The number of benzene rings is 1. The molecule has 0 radical (unpaired) electrons. The van der Waals surface area contributed by atoms with Gasteiger partial charge in [0, 0.05) is 24.4 Å². The Morgan fingerprint density at radius 2 is 1.94 bits per heavy atom. The molecule has 1 amide bonds.